The van der Waals surface area contributed by atoms with Crippen molar-refractivity contribution in [3.05, 3.63) is 59.0 Å². The molecule has 2 rings (SSSR count). The number of hydrogen-bond acceptors (Lipinski definition) is 2. The molecule has 0 amide bonds. The molecule has 0 atom stereocenters. The zero-order valence-electron chi connectivity index (χ0n) is 9.37. The predicted octanol–water partition coefficient (Wildman–Crippen LogP) is 3.38. The average Bonchev–Trinajstić information content (AvgIpc) is 2.76. The van der Waals surface area contributed by atoms with E-state index in [-0.39, 0.29) is 13.0 Å². The molecular formula is C13H11F3O2. The van der Waals surface area contributed by atoms with Crippen LogP contribution in [0.2, 0.25) is 0 Å². The molecule has 0 aliphatic carbocycles. The fourth-order valence-corrected chi connectivity index (χ4v) is 1.66. The third kappa shape index (κ3) is 2.92. The molecule has 1 aromatic carbocycles. The quantitative estimate of drug-likeness (QED) is 0.913. The fraction of sp³-hybridized carbons (Fsp3) is 0.231. The molecule has 0 fully saturated rings. The highest BCUT2D eigenvalue weighted by Crippen LogP contribution is 2.30. The van der Waals surface area contributed by atoms with E-state index in [1.807, 2.05) is 0 Å². The Balaban J connectivity index is 2.19. The second kappa shape index (κ2) is 4.86. The van der Waals surface area contributed by atoms with Crippen molar-refractivity contribution in [2.24, 2.45) is 0 Å². The number of aliphatic hydroxyl groups is 1. The van der Waals surface area contributed by atoms with Crippen molar-refractivity contribution in [3.63, 3.8) is 0 Å². The first-order valence-electron chi connectivity index (χ1n) is 5.32. The van der Waals surface area contributed by atoms with Crippen LogP contribution in [0.1, 0.15) is 22.5 Å². The number of halogens is 3. The summed E-state index contributed by atoms with van der Waals surface area (Å²) in [7, 11) is 0. The van der Waals surface area contributed by atoms with Gasteiger partial charge in [-0.3, -0.25) is 0 Å². The lowest BCUT2D eigenvalue weighted by atomic mass is 10.1. The maximum atomic E-state index is 12.5. The van der Waals surface area contributed by atoms with E-state index in [1.54, 1.807) is 12.1 Å². The van der Waals surface area contributed by atoms with E-state index in [0.29, 0.717) is 16.9 Å². The average molecular weight is 256 g/mol. The minimum absolute atomic E-state index is 0.147. The van der Waals surface area contributed by atoms with Crippen LogP contribution in [0.25, 0.3) is 0 Å². The van der Waals surface area contributed by atoms with Crippen molar-refractivity contribution < 1.29 is 22.7 Å². The first-order chi connectivity index (χ1) is 8.49. The van der Waals surface area contributed by atoms with Crippen LogP contribution in [0.4, 0.5) is 13.2 Å². The highest BCUT2D eigenvalue weighted by molar-refractivity contribution is 5.29. The van der Waals surface area contributed by atoms with Crippen molar-refractivity contribution in [1.29, 1.82) is 0 Å². The fourth-order valence-electron chi connectivity index (χ4n) is 1.66. The molecular weight excluding hydrogens is 245 g/mol. The Bertz CT molecular complexity index is 529. The number of benzene rings is 1. The lowest BCUT2D eigenvalue weighted by molar-refractivity contribution is -0.137. The van der Waals surface area contributed by atoms with Gasteiger partial charge in [0.1, 0.15) is 5.76 Å². The molecule has 0 bridgehead atoms. The maximum absolute atomic E-state index is 12.5. The summed E-state index contributed by atoms with van der Waals surface area (Å²) in [5.74, 6) is 0.526. The van der Waals surface area contributed by atoms with Gasteiger partial charge in [-0.15, -0.1) is 0 Å². The Morgan fingerprint density at radius 3 is 2.50 bits per heavy atom. The van der Waals surface area contributed by atoms with Crippen LogP contribution in [0, 0.1) is 0 Å². The zero-order valence-corrected chi connectivity index (χ0v) is 9.37. The summed E-state index contributed by atoms with van der Waals surface area (Å²) in [5, 5.41) is 8.86. The largest absolute Gasteiger partial charge is 0.469 e. The minimum Gasteiger partial charge on any atom is -0.469 e. The molecule has 2 nitrogen and oxygen atoms in total. The highest BCUT2D eigenvalue weighted by Gasteiger charge is 2.30. The van der Waals surface area contributed by atoms with Crippen molar-refractivity contribution >= 4 is 0 Å². The van der Waals surface area contributed by atoms with Gasteiger partial charge in [0.15, 0.2) is 0 Å². The molecule has 2 aromatic rings. The standard InChI is InChI=1S/C13H11F3O2/c14-13(15,16)11-3-1-2-9(4-11)5-12-6-10(7-17)8-18-12/h1-4,6,8,17H,5,7H2. The first kappa shape index (κ1) is 12.7. The molecule has 0 radical (unpaired) electrons. The normalized spacial score (nSPS) is 11.8. The molecule has 1 aromatic heterocycles. The van der Waals surface area contributed by atoms with E-state index in [0.717, 1.165) is 12.1 Å². The molecule has 0 saturated carbocycles. The van der Waals surface area contributed by atoms with E-state index in [9.17, 15) is 13.2 Å². The van der Waals surface area contributed by atoms with Crippen LogP contribution in [-0.2, 0) is 19.2 Å². The lowest BCUT2D eigenvalue weighted by Crippen LogP contribution is -2.05. The molecule has 1 N–H and O–H groups in total. The van der Waals surface area contributed by atoms with Crippen LogP contribution in [0.5, 0.6) is 0 Å². The van der Waals surface area contributed by atoms with Gasteiger partial charge in [-0.2, -0.15) is 13.2 Å². The Hall–Kier alpha value is -1.75. The van der Waals surface area contributed by atoms with E-state index >= 15 is 0 Å². The molecule has 1 heterocycles. The van der Waals surface area contributed by atoms with Gasteiger partial charge in [0.2, 0.25) is 0 Å². The van der Waals surface area contributed by atoms with Crippen LogP contribution in [0.3, 0.4) is 0 Å². The number of hydrogen-bond donors (Lipinski definition) is 1. The Labute approximate surface area is 102 Å². The van der Waals surface area contributed by atoms with Crippen molar-refractivity contribution in [2.45, 2.75) is 19.2 Å². The van der Waals surface area contributed by atoms with E-state index in [4.69, 9.17) is 9.52 Å². The summed E-state index contributed by atoms with van der Waals surface area (Å²) >= 11 is 0. The Morgan fingerprint density at radius 1 is 1.11 bits per heavy atom. The molecule has 18 heavy (non-hydrogen) atoms. The first-order valence-corrected chi connectivity index (χ1v) is 5.32. The molecule has 5 heteroatoms. The molecule has 0 saturated heterocycles. The topological polar surface area (TPSA) is 33.4 Å². The van der Waals surface area contributed by atoms with Crippen LogP contribution in [0.15, 0.2) is 41.0 Å². The third-order valence-corrected chi connectivity index (χ3v) is 2.52. The smallest absolute Gasteiger partial charge is 0.416 e. The van der Waals surface area contributed by atoms with Gasteiger partial charge in [0.25, 0.3) is 0 Å². The zero-order chi connectivity index (χ0) is 13.2. The molecule has 0 spiro atoms. The van der Waals surface area contributed by atoms with Gasteiger partial charge in [0.05, 0.1) is 18.4 Å². The molecule has 0 aliphatic heterocycles. The van der Waals surface area contributed by atoms with Gasteiger partial charge in [-0.25, -0.2) is 0 Å². The second-order valence-corrected chi connectivity index (χ2v) is 3.95. The van der Waals surface area contributed by atoms with Crippen molar-refractivity contribution in [1.82, 2.24) is 0 Å². The number of aliphatic hydroxyl groups excluding tert-OH is 1. The summed E-state index contributed by atoms with van der Waals surface area (Å²) in [5.41, 5.74) is 0.453. The van der Waals surface area contributed by atoms with Crippen LogP contribution < -0.4 is 0 Å². The summed E-state index contributed by atoms with van der Waals surface area (Å²) < 4.78 is 42.7. The number of rotatable bonds is 3. The minimum atomic E-state index is -4.34. The monoisotopic (exact) mass is 256 g/mol. The Morgan fingerprint density at radius 2 is 1.89 bits per heavy atom. The maximum Gasteiger partial charge on any atom is 0.416 e. The van der Waals surface area contributed by atoms with Gasteiger partial charge in [0, 0.05) is 12.0 Å². The highest BCUT2D eigenvalue weighted by atomic mass is 19.4. The van der Waals surface area contributed by atoms with Gasteiger partial charge in [-0.1, -0.05) is 18.2 Å². The van der Waals surface area contributed by atoms with Gasteiger partial charge < -0.3 is 9.52 Å². The number of alkyl halides is 3. The van der Waals surface area contributed by atoms with Gasteiger partial charge >= 0.3 is 6.18 Å². The predicted molar refractivity (Wildman–Crippen MR) is 58.9 cm³/mol. The van der Waals surface area contributed by atoms with E-state index in [1.165, 1.54) is 12.3 Å². The molecule has 0 unspecified atom stereocenters. The van der Waals surface area contributed by atoms with Crippen LogP contribution in [-0.4, -0.2) is 5.11 Å². The van der Waals surface area contributed by atoms with Crippen molar-refractivity contribution in [2.75, 3.05) is 0 Å². The SMILES string of the molecule is OCc1coc(Cc2cccc(C(F)(F)F)c2)c1. The lowest BCUT2D eigenvalue weighted by Gasteiger charge is -2.07. The van der Waals surface area contributed by atoms with E-state index < -0.39 is 11.7 Å². The third-order valence-electron chi connectivity index (χ3n) is 2.52. The summed E-state index contributed by atoms with van der Waals surface area (Å²) in [6.45, 7) is -0.147. The van der Waals surface area contributed by atoms with Gasteiger partial charge in [-0.05, 0) is 17.7 Å². The molecule has 96 valence electrons. The summed E-state index contributed by atoms with van der Waals surface area (Å²) in [6.07, 6.45) is -2.68. The molecule has 0 aliphatic rings. The van der Waals surface area contributed by atoms with E-state index in [2.05, 4.69) is 0 Å². The summed E-state index contributed by atoms with van der Waals surface area (Å²) in [6, 6.07) is 6.73. The number of furan rings is 1. The van der Waals surface area contributed by atoms with Crippen molar-refractivity contribution in [3.8, 4) is 0 Å². The second-order valence-electron chi connectivity index (χ2n) is 3.95. The summed E-state index contributed by atoms with van der Waals surface area (Å²) in [4.78, 5) is 0. The Kier molecular flexibility index (Phi) is 3.43. The van der Waals surface area contributed by atoms with Crippen LogP contribution >= 0.6 is 0 Å².